The molecule has 0 aliphatic rings. The molecule has 3 rings (SSSR count). The van der Waals surface area contributed by atoms with Crippen LogP contribution in [0.25, 0.3) is 10.1 Å². The second-order valence-electron chi connectivity index (χ2n) is 5.53. The smallest absolute Gasteiger partial charge is 0.487 e. The summed E-state index contributed by atoms with van der Waals surface area (Å²) in [5, 5.41) is 5.02. The number of hydrogen-bond acceptors (Lipinski definition) is 9. The van der Waals surface area contributed by atoms with Crippen molar-refractivity contribution in [1.82, 2.24) is 15.3 Å². The van der Waals surface area contributed by atoms with Gasteiger partial charge < -0.3 is 25.3 Å². The summed E-state index contributed by atoms with van der Waals surface area (Å²) in [6, 6.07) is 1.59. The zero-order chi connectivity index (χ0) is 20.1. The molecule has 0 spiro atoms. The van der Waals surface area contributed by atoms with Crippen LogP contribution in [0.4, 0.5) is 10.6 Å². The molecule has 0 aliphatic carbocycles. The van der Waals surface area contributed by atoms with Gasteiger partial charge in [-0.25, -0.2) is 9.78 Å². The number of ether oxygens (including phenoxy) is 3. The zero-order valence-electron chi connectivity index (χ0n) is 15.2. The fourth-order valence-electron chi connectivity index (χ4n) is 2.45. The summed E-state index contributed by atoms with van der Waals surface area (Å²) in [5.41, 5.74) is 7.17. The first-order valence-corrected chi connectivity index (χ1v) is 9.20. The number of hydrogen-bond donors (Lipinski definition) is 2. The predicted molar refractivity (Wildman–Crippen MR) is 104 cm³/mol. The highest BCUT2D eigenvalue weighted by Crippen LogP contribution is 2.37. The summed E-state index contributed by atoms with van der Waals surface area (Å²) in [5.74, 6) is 0.740. The molecule has 3 aromatic rings. The van der Waals surface area contributed by atoms with E-state index >= 15 is 0 Å². The Morgan fingerprint density at radius 2 is 2.11 bits per heavy atom. The number of amides is 1. The molecule has 10 heteroatoms. The Morgan fingerprint density at radius 1 is 1.29 bits per heavy atom. The van der Waals surface area contributed by atoms with Gasteiger partial charge in [0.15, 0.2) is 5.75 Å². The Morgan fingerprint density at radius 3 is 2.86 bits per heavy atom. The average molecular weight is 402 g/mol. The monoisotopic (exact) mass is 402 g/mol. The van der Waals surface area contributed by atoms with Gasteiger partial charge in [-0.2, -0.15) is 0 Å². The summed E-state index contributed by atoms with van der Waals surface area (Å²) < 4.78 is 16.4. The lowest BCUT2D eigenvalue weighted by Crippen LogP contribution is -2.17. The molecular weight excluding hydrogens is 384 g/mol. The third-order valence-corrected chi connectivity index (χ3v) is 4.76. The number of nitrogen functional groups attached to an aromatic ring is 1. The number of pyridine rings is 2. The number of fused-ring (bicyclic) bond motifs is 1. The van der Waals surface area contributed by atoms with Gasteiger partial charge in [0, 0.05) is 24.2 Å². The van der Waals surface area contributed by atoms with E-state index < -0.39 is 6.16 Å². The second kappa shape index (κ2) is 8.53. The maximum absolute atomic E-state index is 11.7. The van der Waals surface area contributed by atoms with E-state index in [0.717, 1.165) is 5.56 Å². The number of rotatable bonds is 6. The first-order valence-electron chi connectivity index (χ1n) is 8.32. The minimum absolute atomic E-state index is 0.174. The molecule has 0 aromatic carbocycles. The highest BCUT2D eigenvalue weighted by Gasteiger charge is 2.17. The van der Waals surface area contributed by atoms with Crippen molar-refractivity contribution in [2.24, 2.45) is 0 Å². The van der Waals surface area contributed by atoms with Crippen LogP contribution < -0.4 is 20.5 Å². The molecule has 0 saturated heterocycles. The standard InChI is InChI=1S/C18H18N4O5S/c1-3-25-18(24)27-13-7-22-16(19)14-11(9-28-15(13)14)8-26-12-4-10(5-21-6-12)17(23)20-2/h4-7,9H,3,8H2,1-2H3,(H2,19,22)(H,20,23). The van der Waals surface area contributed by atoms with Crippen LogP contribution >= 0.6 is 11.3 Å². The van der Waals surface area contributed by atoms with Crippen molar-refractivity contribution in [1.29, 1.82) is 0 Å². The lowest BCUT2D eigenvalue weighted by molar-refractivity contribution is 0.0961. The molecule has 28 heavy (non-hydrogen) atoms. The van der Waals surface area contributed by atoms with Crippen molar-refractivity contribution in [3.05, 3.63) is 41.2 Å². The summed E-state index contributed by atoms with van der Waals surface area (Å²) in [6.07, 6.45) is 3.54. The number of nitrogens with two attached hydrogens (primary N) is 1. The molecule has 3 N–H and O–H groups in total. The molecule has 3 aromatic heterocycles. The molecule has 9 nitrogen and oxygen atoms in total. The maximum atomic E-state index is 11.7. The highest BCUT2D eigenvalue weighted by molar-refractivity contribution is 7.17. The fraction of sp³-hybridized carbons (Fsp3) is 0.222. The first-order chi connectivity index (χ1) is 13.5. The van der Waals surface area contributed by atoms with Crippen molar-refractivity contribution in [2.45, 2.75) is 13.5 Å². The van der Waals surface area contributed by atoms with Crippen LogP contribution in [0.2, 0.25) is 0 Å². The van der Waals surface area contributed by atoms with Gasteiger partial charge in [0.25, 0.3) is 5.91 Å². The third kappa shape index (κ3) is 4.12. The van der Waals surface area contributed by atoms with Crippen molar-refractivity contribution >= 4 is 39.3 Å². The topological polar surface area (TPSA) is 126 Å². The Labute approximate surface area is 164 Å². The molecule has 0 aliphatic heterocycles. The minimum Gasteiger partial charge on any atom is -0.487 e. The number of nitrogens with zero attached hydrogens (tertiary/aromatic N) is 2. The SMILES string of the molecule is CCOC(=O)Oc1cnc(N)c2c(COc3cncc(C(=O)NC)c3)csc12. The third-order valence-electron chi connectivity index (χ3n) is 3.72. The maximum Gasteiger partial charge on any atom is 0.513 e. The van der Waals surface area contributed by atoms with Gasteiger partial charge >= 0.3 is 6.16 Å². The van der Waals surface area contributed by atoms with Crippen molar-refractivity contribution in [3.8, 4) is 11.5 Å². The Balaban J connectivity index is 1.83. The normalized spacial score (nSPS) is 10.5. The van der Waals surface area contributed by atoms with E-state index in [9.17, 15) is 9.59 Å². The molecule has 3 heterocycles. The molecular formula is C18H18N4O5S. The van der Waals surface area contributed by atoms with Crippen LogP contribution in [0.5, 0.6) is 11.5 Å². The Bertz CT molecular complexity index is 1020. The van der Waals surface area contributed by atoms with Crippen LogP contribution in [0.1, 0.15) is 22.8 Å². The minimum atomic E-state index is -0.807. The van der Waals surface area contributed by atoms with Gasteiger partial charge in [0.1, 0.15) is 18.2 Å². The van der Waals surface area contributed by atoms with Gasteiger partial charge in [-0.05, 0) is 18.4 Å². The van der Waals surface area contributed by atoms with Crippen molar-refractivity contribution < 1.29 is 23.8 Å². The highest BCUT2D eigenvalue weighted by atomic mass is 32.1. The Hall–Kier alpha value is -3.40. The fourth-order valence-corrected chi connectivity index (χ4v) is 3.46. The van der Waals surface area contributed by atoms with E-state index in [0.29, 0.717) is 27.2 Å². The molecule has 146 valence electrons. The van der Waals surface area contributed by atoms with Crippen LogP contribution in [0.15, 0.2) is 30.0 Å². The van der Waals surface area contributed by atoms with Gasteiger partial charge in [-0.15, -0.1) is 11.3 Å². The largest absolute Gasteiger partial charge is 0.513 e. The zero-order valence-corrected chi connectivity index (χ0v) is 16.0. The number of anilines is 1. The lowest BCUT2D eigenvalue weighted by atomic mass is 10.2. The van der Waals surface area contributed by atoms with Crippen LogP contribution in [0, 0.1) is 0 Å². The molecule has 0 bridgehead atoms. The number of nitrogens with one attached hydrogen (secondary N) is 1. The van der Waals surface area contributed by atoms with E-state index in [1.807, 2.05) is 5.38 Å². The second-order valence-corrected chi connectivity index (χ2v) is 6.41. The number of carbonyl (C=O) groups is 2. The molecule has 0 radical (unpaired) electrons. The quantitative estimate of drug-likeness (QED) is 0.603. The summed E-state index contributed by atoms with van der Waals surface area (Å²) in [6.45, 7) is 2.07. The van der Waals surface area contributed by atoms with E-state index in [4.69, 9.17) is 19.9 Å². The van der Waals surface area contributed by atoms with E-state index in [2.05, 4.69) is 15.3 Å². The first kappa shape index (κ1) is 19.4. The van der Waals surface area contributed by atoms with Gasteiger partial charge in [0.05, 0.1) is 29.3 Å². The molecule has 1 amide bonds. The van der Waals surface area contributed by atoms with Gasteiger partial charge in [-0.3, -0.25) is 9.78 Å². The molecule has 0 unspecified atom stereocenters. The molecule has 0 fully saturated rings. The molecule has 0 saturated carbocycles. The van der Waals surface area contributed by atoms with E-state index in [-0.39, 0.29) is 24.9 Å². The summed E-state index contributed by atoms with van der Waals surface area (Å²) in [4.78, 5) is 31.4. The average Bonchev–Trinajstić information content (AvgIpc) is 3.13. The number of thiophene rings is 1. The van der Waals surface area contributed by atoms with Gasteiger partial charge in [0.2, 0.25) is 0 Å². The summed E-state index contributed by atoms with van der Waals surface area (Å²) >= 11 is 1.35. The van der Waals surface area contributed by atoms with E-state index in [1.165, 1.54) is 29.9 Å². The van der Waals surface area contributed by atoms with Crippen LogP contribution in [-0.4, -0.2) is 35.7 Å². The molecule has 0 atom stereocenters. The number of aromatic nitrogens is 2. The van der Waals surface area contributed by atoms with Crippen LogP contribution in [-0.2, 0) is 11.3 Å². The van der Waals surface area contributed by atoms with Crippen molar-refractivity contribution in [2.75, 3.05) is 19.4 Å². The van der Waals surface area contributed by atoms with Crippen LogP contribution in [0.3, 0.4) is 0 Å². The Kier molecular flexibility index (Phi) is 5.90. The predicted octanol–water partition coefficient (Wildman–Crippen LogP) is 2.75. The summed E-state index contributed by atoms with van der Waals surface area (Å²) in [7, 11) is 1.54. The van der Waals surface area contributed by atoms with Gasteiger partial charge in [-0.1, -0.05) is 0 Å². The number of carbonyl (C=O) groups excluding carboxylic acids is 2. The lowest BCUT2D eigenvalue weighted by Gasteiger charge is -2.08. The van der Waals surface area contributed by atoms with E-state index in [1.54, 1.807) is 20.0 Å². The van der Waals surface area contributed by atoms with Crippen molar-refractivity contribution in [3.63, 3.8) is 0 Å².